The Morgan fingerprint density at radius 2 is 1.55 bits per heavy atom. The van der Waals surface area contributed by atoms with Crippen LogP contribution in [0.25, 0.3) is 0 Å². The molecule has 1 fully saturated rings. The van der Waals surface area contributed by atoms with E-state index in [4.69, 9.17) is 9.47 Å². The standard InChI is InChI=1S/C30H55N3O7/c1-9-20(5)26(28(37)31-22(16-19(3)4)24(34)18-25(35)39-10-2)33-27(36)23(17-21-14-12-11-13-15-21)32-29(38)40-30(6,7)8/h19-24,26,34H,9-18H2,1-8H3,(H,31,37)(H,32,38)(H,33,36)/t20?,22-,23-,24?,26-/m0/s1. The third-order valence-electron chi connectivity index (χ3n) is 7.29. The van der Waals surface area contributed by atoms with Gasteiger partial charge in [-0.15, -0.1) is 0 Å². The Balaban J connectivity index is 3.09. The molecule has 4 N–H and O–H groups in total. The molecule has 0 spiro atoms. The Morgan fingerprint density at radius 1 is 0.925 bits per heavy atom. The number of nitrogens with one attached hydrogen (secondary N) is 3. The smallest absolute Gasteiger partial charge is 0.408 e. The molecule has 0 radical (unpaired) electrons. The predicted molar refractivity (Wildman–Crippen MR) is 154 cm³/mol. The normalized spacial score (nSPS) is 18.1. The lowest BCUT2D eigenvalue weighted by Gasteiger charge is -2.32. The fourth-order valence-electron chi connectivity index (χ4n) is 5.02. The van der Waals surface area contributed by atoms with E-state index in [1.807, 2.05) is 27.7 Å². The van der Waals surface area contributed by atoms with Crippen LogP contribution < -0.4 is 16.0 Å². The van der Waals surface area contributed by atoms with Crippen LogP contribution in [0.5, 0.6) is 0 Å². The van der Waals surface area contributed by atoms with Crippen molar-refractivity contribution in [3.05, 3.63) is 0 Å². The number of amides is 3. The van der Waals surface area contributed by atoms with Gasteiger partial charge in [0.15, 0.2) is 0 Å². The minimum atomic E-state index is -1.13. The number of carbonyl (C=O) groups excluding carboxylic acids is 4. The summed E-state index contributed by atoms with van der Waals surface area (Å²) in [6.07, 6.45) is 4.81. The molecular formula is C30H55N3O7. The van der Waals surface area contributed by atoms with Gasteiger partial charge in [-0.3, -0.25) is 14.4 Å². The Hall–Kier alpha value is -2.36. The Morgan fingerprint density at radius 3 is 2.08 bits per heavy atom. The molecule has 232 valence electrons. The molecule has 0 aromatic heterocycles. The zero-order chi connectivity index (χ0) is 30.5. The number of carbonyl (C=O) groups is 4. The summed E-state index contributed by atoms with van der Waals surface area (Å²) >= 11 is 0. The van der Waals surface area contributed by atoms with Gasteiger partial charge < -0.3 is 30.5 Å². The van der Waals surface area contributed by atoms with Gasteiger partial charge in [0.05, 0.1) is 25.2 Å². The molecule has 0 aromatic carbocycles. The number of aliphatic hydroxyl groups excluding tert-OH is 1. The topological polar surface area (TPSA) is 143 Å². The van der Waals surface area contributed by atoms with Crippen LogP contribution in [-0.2, 0) is 23.9 Å². The molecule has 3 amide bonds. The molecule has 5 atom stereocenters. The molecule has 0 aromatic rings. The minimum absolute atomic E-state index is 0.136. The monoisotopic (exact) mass is 569 g/mol. The van der Waals surface area contributed by atoms with E-state index in [9.17, 15) is 24.3 Å². The summed E-state index contributed by atoms with van der Waals surface area (Å²) in [6, 6.07) is -2.44. The molecular weight excluding hydrogens is 514 g/mol. The first-order valence-corrected chi connectivity index (χ1v) is 15.1. The third-order valence-corrected chi connectivity index (χ3v) is 7.29. The van der Waals surface area contributed by atoms with Crippen molar-refractivity contribution in [1.29, 1.82) is 0 Å². The van der Waals surface area contributed by atoms with Gasteiger partial charge in [-0.1, -0.05) is 66.2 Å². The number of ether oxygens (including phenoxy) is 2. The van der Waals surface area contributed by atoms with Gasteiger partial charge in [0, 0.05) is 0 Å². The maximum absolute atomic E-state index is 13.6. The fourth-order valence-corrected chi connectivity index (χ4v) is 5.02. The second-order valence-electron chi connectivity index (χ2n) is 12.6. The van der Waals surface area contributed by atoms with Crippen molar-refractivity contribution >= 4 is 23.9 Å². The molecule has 0 aliphatic heterocycles. The highest BCUT2D eigenvalue weighted by Crippen LogP contribution is 2.28. The van der Waals surface area contributed by atoms with Crippen molar-refractivity contribution in [3.8, 4) is 0 Å². The first kappa shape index (κ1) is 35.7. The van der Waals surface area contributed by atoms with Crippen LogP contribution >= 0.6 is 0 Å². The van der Waals surface area contributed by atoms with E-state index in [0.29, 0.717) is 25.2 Å². The summed E-state index contributed by atoms with van der Waals surface area (Å²) in [5.74, 6) is -1.21. The summed E-state index contributed by atoms with van der Waals surface area (Å²) in [4.78, 5) is 51.7. The summed E-state index contributed by atoms with van der Waals surface area (Å²) in [5, 5.41) is 19.3. The van der Waals surface area contributed by atoms with Gasteiger partial charge in [-0.05, 0) is 58.3 Å². The second kappa shape index (κ2) is 17.5. The highest BCUT2D eigenvalue weighted by molar-refractivity contribution is 5.91. The number of esters is 1. The zero-order valence-corrected chi connectivity index (χ0v) is 26.0. The van der Waals surface area contributed by atoms with Crippen molar-refractivity contribution in [2.24, 2.45) is 17.8 Å². The van der Waals surface area contributed by atoms with Crippen molar-refractivity contribution in [3.63, 3.8) is 0 Å². The molecule has 1 aliphatic rings. The largest absolute Gasteiger partial charge is 0.466 e. The molecule has 1 saturated carbocycles. The van der Waals surface area contributed by atoms with Crippen LogP contribution in [0, 0.1) is 17.8 Å². The van der Waals surface area contributed by atoms with Crippen LogP contribution in [0.3, 0.4) is 0 Å². The van der Waals surface area contributed by atoms with Crippen LogP contribution in [0.2, 0.25) is 0 Å². The van der Waals surface area contributed by atoms with Gasteiger partial charge in [0.2, 0.25) is 11.8 Å². The van der Waals surface area contributed by atoms with Gasteiger partial charge >= 0.3 is 12.1 Å². The molecule has 10 nitrogen and oxygen atoms in total. The van der Waals surface area contributed by atoms with E-state index < -0.39 is 53.7 Å². The predicted octanol–water partition coefficient (Wildman–Crippen LogP) is 4.23. The van der Waals surface area contributed by atoms with Crippen molar-refractivity contribution in [1.82, 2.24) is 16.0 Å². The maximum atomic E-state index is 13.6. The van der Waals surface area contributed by atoms with E-state index in [1.165, 1.54) is 6.42 Å². The summed E-state index contributed by atoms with van der Waals surface area (Å²) in [7, 11) is 0. The minimum Gasteiger partial charge on any atom is -0.466 e. The highest BCUT2D eigenvalue weighted by atomic mass is 16.6. The molecule has 0 bridgehead atoms. The fraction of sp³-hybridized carbons (Fsp3) is 0.867. The second-order valence-corrected chi connectivity index (χ2v) is 12.6. The van der Waals surface area contributed by atoms with Gasteiger partial charge in [0.1, 0.15) is 17.7 Å². The first-order valence-electron chi connectivity index (χ1n) is 15.1. The van der Waals surface area contributed by atoms with Crippen LogP contribution in [-0.4, -0.2) is 65.4 Å². The number of hydrogen-bond donors (Lipinski definition) is 4. The van der Waals surface area contributed by atoms with Crippen molar-refractivity contribution < 1.29 is 33.8 Å². The van der Waals surface area contributed by atoms with Crippen LogP contribution in [0.1, 0.15) is 113 Å². The van der Waals surface area contributed by atoms with E-state index in [0.717, 1.165) is 25.7 Å². The molecule has 0 heterocycles. The Labute approximate surface area is 241 Å². The molecule has 2 unspecified atom stereocenters. The first-order chi connectivity index (χ1) is 18.7. The SMILES string of the molecule is CCOC(=O)CC(O)[C@H](CC(C)C)NC(=O)[C@@H](NC(=O)[C@H](CC1CCCCC1)NC(=O)OC(C)(C)C)C(C)CC. The number of aliphatic hydroxyl groups is 1. The van der Waals surface area contributed by atoms with Crippen molar-refractivity contribution in [2.45, 2.75) is 143 Å². The lowest BCUT2D eigenvalue weighted by Crippen LogP contribution is -2.58. The molecule has 1 aliphatic carbocycles. The van der Waals surface area contributed by atoms with E-state index in [1.54, 1.807) is 27.7 Å². The van der Waals surface area contributed by atoms with Crippen LogP contribution in [0.15, 0.2) is 0 Å². The van der Waals surface area contributed by atoms with Crippen LogP contribution in [0.4, 0.5) is 4.79 Å². The molecule has 10 heteroatoms. The third kappa shape index (κ3) is 13.8. The lowest BCUT2D eigenvalue weighted by molar-refractivity contribution is -0.146. The Bertz CT molecular complexity index is 806. The van der Waals surface area contributed by atoms with Gasteiger partial charge in [-0.2, -0.15) is 0 Å². The van der Waals surface area contributed by atoms with E-state index in [2.05, 4.69) is 16.0 Å². The summed E-state index contributed by atoms with van der Waals surface area (Å²) in [5.41, 5.74) is -0.717. The summed E-state index contributed by atoms with van der Waals surface area (Å²) in [6.45, 7) is 14.9. The zero-order valence-electron chi connectivity index (χ0n) is 26.0. The number of alkyl carbamates (subject to hydrolysis) is 1. The van der Waals surface area contributed by atoms with Gasteiger partial charge in [0.25, 0.3) is 0 Å². The lowest BCUT2D eigenvalue weighted by atomic mass is 9.84. The maximum Gasteiger partial charge on any atom is 0.408 e. The average Bonchev–Trinajstić information content (AvgIpc) is 2.85. The molecule has 1 rings (SSSR count). The summed E-state index contributed by atoms with van der Waals surface area (Å²) < 4.78 is 10.4. The number of rotatable bonds is 15. The molecule has 0 saturated heterocycles. The quantitative estimate of drug-likeness (QED) is 0.216. The molecule has 40 heavy (non-hydrogen) atoms. The van der Waals surface area contributed by atoms with E-state index >= 15 is 0 Å². The average molecular weight is 570 g/mol. The number of hydrogen-bond acceptors (Lipinski definition) is 7. The van der Waals surface area contributed by atoms with Gasteiger partial charge in [-0.25, -0.2) is 4.79 Å². The highest BCUT2D eigenvalue weighted by Gasteiger charge is 2.34. The van der Waals surface area contributed by atoms with E-state index in [-0.39, 0.29) is 24.9 Å². The Kier molecular flexibility index (Phi) is 15.6. The van der Waals surface area contributed by atoms with Crippen molar-refractivity contribution in [2.75, 3.05) is 6.61 Å².